The van der Waals surface area contributed by atoms with Crippen LogP contribution in [-0.4, -0.2) is 24.3 Å². The second kappa shape index (κ2) is 7.64. The van der Waals surface area contributed by atoms with Crippen LogP contribution in [0.5, 0.6) is 0 Å². The van der Waals surface area contributed by atoms with Crippen LogP contribution in [0, 0.1) is 6.92 Å². The van der Waals surface area contributed by atoms with E-state index < -0.39 is 28.1 Å². The molecule has 0 aliphatic rings. The molecule has 1 heterocycles. The van der Waals surface area contributed by atoms with Gasteiger partial charge < -0.3 is 0 Å². The van der Waals surface area contributed by atoms with E-state index in [-0.39, 0.29) is 10.6 Å². The number of hydrogen-bond acceptors (Lipinski definition) is 4. The molecule has 0 atom stereocenters. The Kier molecular flexibility index (Phi) is 5.55. The van der Waals surface area contributed by atoms with Crippen molar-refractivity contribution in [2.75, 3.05) is 0 Å². The molecule has 0 bridgehead atoms. The van der Waals surface area contributed by atoms with Gasteiger partial charge in [0.2, 0.25) is 0 Å². The van der Waals surface area contributed by atoms with Crippen molar-refractivity contribution in [3.05, 3.63) is 65.9 Å². The standard InChI is InChI=1S/C20H19F3N2O3S/c1-13(2)28-29(26,27)17-10-8-16(9-11-17)25-18(12-19(24-25)20(21,22)23)15-6-4-14(3)5-7-15/h4-13H,1-3H3. The van der Waals surface area contributed by atoms with Gasteiger partial charge in [-0.15, -0.1) is 0 Å². The van der Waals surface area contributed by atoms with E-state index in [0.717, 1.165) is 16.3 Å². The third kappa shape index (κ3) is 4.68. The van der Waals surface area contributed by atoms with Crippen LogP contribution in [0.3, 0.4) is 0 Å². The number of halogens is 3. The predicted molar refractivity (Wildman–Crippen MR) is 102 cm³/mol. The fourth-order valence-corrected chi connectivity index (χ4v) is 3.80. The molecule has 0 amide bonds. The molecule has 9 heteroatoms. The van der Waals surface area contributed by atoms with E-state index in [9.17, 15) is 21.6 Å². The highest BCUT2D eigenvalue weighted by Crippen LogP contribution is 2.33. The lowest BCUT2D eigenvalue weighted by molar-refractivity contribution is -0.141. The molecule has 0 aliphatic carbocycles. The Bertz CT molecular complexity index is 1100. The topological polar surface area (TPSA) is 61.2 Å². The first-order valence-corrected chi connectivity index (χ1v) is 10.2. The van der Waals surface area contributed by atoms with Gasteiger partial charge in [-0.25, -0.2) is 4.68 Å². The molecular formula is C20H19F3N2O3S. The van der Waals surface area contributed by atoms with Crippen LogP contribution in [0.25, 0.3) is 16.9 Å². The number of alkyl halides is 3. The summed E-state index contributed by atoms with van der Waals surface area (Å²) >= 11 is 0. The Labute approximate surface area is 166 Å². The van der Waals surface area contributed by atoms with Crippen LogP contribution in [0.15, 0.2) is 59.5 Å². The lowest BCUT2D eigenvalue weighted by atomic mass is 10.1. The third-order valence-corrected chi connectivity index (χ3v) is 5.52. The maximum Gasteiger partial charge on any atom is 0.435 e. The highest BCUT2D eigenvalue weighted by molar-refractivity contribution is 7.86. The summed E-state index contributed by atoms with van der Waals surface area (Å²) < 4.78 is 70.1. The van der Waals surface area contributed by atoms with Gasteiger partial charge in [-0.1, -0.05) is 29.8 Å². The Hall–Kier alpha value is -2.65. The molecule has 2 aromatic carbocycles. The first-order valence-electron chi connectivity index (χ1n) is 8.75. The summed E-state index contributed by atoms with van der Waals surface area (Å²) in [5.41, 5.74) is 1.02. The first kappa shape index (κ1) is 21.1. The van der Waals surface area contributed by atoms with E-state index in [1.807, 2.05) is 6.92 Å². The van der Waals surface area contributed by atoms with Crippen molar-refractivity contribution >= 4 is 10.1 Å². The quantitative estimate of drug-likeness (QED) is 0.542. The summed E-state index contributed by atoms with van der Waals surface area (Å²) in [7, 11) is -3.95. The van der Waals surface area contributed by atoms with Gasteiger partial charge >= 0.3 is 6.18 Å². The molecule has 3 rings (SSSR count). The zero-order chi connectivity index (χ0) is 21.4. The Morgan fingerprint density at radius 1 is 1.00 bits per heavy atom. The van der Waals surface area contributed by atoms with Gasteiger partial charge in [0.05, 0.1) is 22.4 Å². The van der Waals surface area contributed by atoms with E-state index in [1.54, 1.807) is 38.1 Å². The molecule has 0 saturated carbocycles. The van der Waals surface area contributed by atoms with E-state index in [2.05, 4.69) is 5.10 Å². The predicted octanol–water partition coefficient (Wildman–Crippen LogP) is 4.98. The van der Waals surface area contributed by atoms with E-state index in [1.165, 1.54) is 24.3 Å². The van der Waals surface area contributed by atoms with E-state index >= 15 is 0 Å². The molecule has 1 aromatic heterocycles. The van der Waals surface area contributed by atoms with E-state index in [4.69, 9.17) is 4.18 Å². The molecule has 0 radical (unpaired) electrons. The van der Waals surface area contributed by atoms with Gasteiger partial charge in [-0.2, -0.15) is 26.7 Å². The van der Waals surface area contributed by atoms with Crippen LogP contribution < -0.4 is 0 Å². The van der Waals surface area contributed by atoms with Crippen LogP contribution in [-0.2, 0) is 20.5 Å². The van der Waals surface area contributed by atoms with Crippen LogP contribution in [0.2, 0.25) is 0 Å². The van der Waals surface area contributed by atoms with E-state index in [0.29, 0.717) is 11.3 Å². The largest absolute Gasteiger partial charge is 0.435 e. The first-order chi connectivity index (χ1) is 13.5. The molecule has 0 N–H and O–H groups in total. The number of benzene rings is 2. The maximum absolute atomic E-state index is 13.2. The second-order valence-corrected chi connectivity index (χ2v) is 8.36. The summed E-state index contributed by atoms with van der Waals surface area (Å²) in [5, 5.41) is 3.70. The zero-order valence-corrected chi connectivity index (χ0v) is 16.8. The average molecular weight is 424 g/mol. The van der Waals surface area contributed by atoms with Crippen LogP contribution in [0.4, 0.5) is 13.2 Å². The molecule has 0 spiro atoms. The summed E-state index contributed by atoms with van der Waals surface area (Å²) in [6, 6.07) is 13.3. The maximum atomic E-state index is 13.2. The Balaban J connectivity index is 2.08. The van der Waals surface area contributed by atoms with Gasteiger partial charge in [0.15, 0.2) is 5.69 Å². The molecule has 0 saturated heterocycles. The third-order valence-electron chi connectivity index (χ3n) is 4.04. The minimum Gasteiger partial charge on any atom is -0.264 e. The summed E-state index contributed by atoms with van der Waals surface area (Å²) in [6.45, 7) is 5.05. The Morgan fingerprint density at radius 2 is 1.59 bits per heavy atom. The molecule has 0 fully saturated rings. The lowest BCUT2D eigenvalue weighted by Crippen LogP contribution is -2.12. The average Bonchev–Trinajstić information content (AvgIpc) is 3.07. The molecule has 3 aromatic rings. The second-order valence-electron chi connectivity index (χ2n) is 6.78. The summed E-state index contributed by atoms with van der Waals surface area (Å²) in [6.07, 6.45) is -5.15. The Morgan fingerprint density at radius 3 is 2.10 bits per heavy atom. The number of aromatic nitrogens is 2. The smallest absolute Gasteiger partial charge is 0.264 e. The fourth-order valence-electron chi connectivity index (χ4n) is 2.71. The number of nitrogens with zero attached hydrogens (tertiary/aromatic N) is 2. The lowest BCUT2D eigenvalue weighted by Gasteiger charge is -2.11. The van der Waals surface area contributed by atoms with Gasteiger partial charge in [-0.3, -0.25) is 4.18 Å². The van der Waals surface area contributed by atoms with Crippen LogP contribution in [0.1, 0.15) is 25.1 Å². The monoisotopic (exact) mass is 424 g/mol. The van der Waals surface area contributed by atoms with Crippen molar-refractivity contribution in [1.29, 1.82) is 0 Å². The molecular weight excluding hydrogens is 405 g/mol. The highest BCUT2D eigenvalue weighted by Gasteiger charge is 2.35. The molecule has 29 heavy (non-hydrogen) atoms. The van der Waals surface area contributed by atoms with Crippen molar-refractivity contribution in [2.45, 2.75) is 37.9 Å². The summed E-state index contributed by atoms with van der Waals surface area (Å²) in [5.74, 6) is 0. The molecule has 5 nitrogen and oxygen atoms in total. The van der Waals surface area contributed by atoms with Crippen LogP contribution >= 0.6 is 0 Å². The summed E-state index contributed by atoms with van der Waals surface area (Å²) in [4.78, 5) is -0.0879. The van der Waals surface area contributed by atoms with Crippen molar-refractivity contribution in [1.82, 2.24) is 9.78 Å². The zero-order valence-electron chi connectivity index (χ0n) is 15.9. The van der Waals surface area contributed by atoms with Crippen molar-refractivity contribution in [2.24, 2.45) is 0 Å². The van der Waals surface area contributed by atoms with Gasteiger partial charge in [0, 0.05) is 5.56 Å². The number of hydrogen-bond donors (Lipinski definition) is 0. The highest BCUT2D eigenvalue weighted by atomic mass is 32.2. The number of rotatable bonds is 5. The molecule has 154 valence electrons. The van der Waals surface area contributed by atoms with Crippen molar-refractivity contribution in [3.8, 4) is 16.9 Å². The minimum atomic E-state index is -4.61. The normalized spacial score (nSPS) is 12.5. The van der Waals surface area contributed by atoms with Gasteiger partial charge in [-0.05, 0) is 51.1 Å². The SMILES string of the molecule is Cc1ccc(-c2cc(C(F)(F)F)nn2-c2ccc(S(=O)(=O)OC(C)C)cc2)cc1. The molecule has 0 unspecified atom stereocenters. The fraction of sp³-hybridized carbons (Fsp3) is 0.250. The van der Waals surface area contributed by atoms with Crippen molar-refractivity contribution < 1.29 is 25.8 Å². The van der Waals surface area contributed by atoms with Crippen molar-refractivity contribution in [3.63, 3.8) is 0 Å². The molecule has 0 aliphatic heterocycles. The number of aryl methyl sites for hydroxylation is 1. The minimum absolute atomic E-state index is 0.0879. The van der Waals surface area contributed by atoms with Gasteiger partial charge in [0.25, 0.3) is 10.1 Å². The van der Waals surface area contributed by atoms with Gasteiger partial charge in [0.1, 0.15) is 0 Å².